The van der Waals surface area contributed by atoms with E-state index in [-0.39, 0.29) is 24.0 Å². The van der Waals surface area contributed by atoms with Crippen LogP contribution in [-0.2, 0) is 12.1 Å². The lowest BCUT2D eigenvalue weighted by Crippen LogP contribution is -2.44. The van der Waals surface area contributed by atoms with Gasteiger partial charge in [0.25, 0.3) is 0 Å². The first-order valence-corrected chi connectivity index (χ1v) is 10.2. The number of aryl methyl sites for hydroxylation is 1. The molecule has 0 aliphatic rings. The van der Waals surface area contributed by atoms with Crippen molar-refractivity contribution < 1.29 is 9.52 Å². The third kappa shape index (κ3) is 6.55. The summed E-state index contributed by atoms with van der Waals surface area (Å²) < 4.78 is 5.59. The van der Waals surface area contributed by atoms with Gasteiger partial charge in [-0.05, 0) is 55.3 Å². The van der Waals surface area contributed by atoms with Crippen LogP contribution in [-0.4, -0.2) is 29.1 Å². The molecule has 0 spiro atoms. The Bertz CT molecular complexity index is 905. The molecule has 1 atom stereocenters. The molecular weight excluding hydrogens is 499 g/mol. The Balaban J connectivity index is 0.00000300. The number of guanidine groups is 1. The molecule has 8 heteroatoms. The number of aliphatic imine (C=N–C) groups is 1. The molecule has 0 fully saturated rings. The molecule has 2 heterocycles. The van der Waals surface area contributed by atoms with Crippen molar-refractivity contribution in [2.24, 2.45) is 4.99 Å². The van der Waals surface area contributed by atoms with Gasteiger partial charge in [0.2, 0.25) is 5.89 Å². The molecule has 6 nitrogen and oxygen atoms in total. The van der Waals surface area contributed by atoms with Gasteiger partial charge in [-0.3, -0.25) is 0 Å². The number of aromatic nitrogens is 1. The fourth-order valence-electron chi connectivity index (χ4n) is 2.64. The van der Waals surface area contributed by atoms with Gasteiger partial charge in [-0.2, -0.15) is 11.3 Å². The normalized spacial score (nSPS) is 13.4. The summed E-state index contributed by atoms with van der Waals surface area (Å²) in [7, 11) is 0. The maximum absolute atomic E-state index is 10.7. The molecule has 3 aromatic rings. The molecule has 3 N–H and O–H groups in total. The summed E-state index contributed by atoms with van der Waals surface area (Å²) in [6.07, 6.45) is 1.63. The summed E-state index contributed by atoms with van der Waals surface area (Å²) in [5, 5.41) is 21.0. The van der Waals surface area contributed by atoms with Gasteiger partial charge in [-0.1, -0.05) is 17.7 Å². The van der Waals surface area contributed by atoms with E-state index in [1.54, 1.807) is 24.5 Å². The topological polar surface area (TPSA) is 82.7 Å². The van der Waals surface area contributed by atoms with Crippen LogP contribution in [0.5, 0.6) is 0 Å². The Kier molecular flexibility index (Phi) is 8.66. The van der Waals surface area contributed by atoms with Gasteiger partial charge in [0, 0.05) is 12.1 Å². The molecule has 29 heavy (non-hydrogen) atoms. The Morgan fingerprint density at radius 2 is 2.00 bits per heavy atom. The Morgan fingerprint density at radius 1 is 1.24 bits per heavy atom. The number of benzene rings is 1. The fraction of sp³-hybridized carbons (Fsp3) is 0.333. The molecule has 1 unspecified atom stereocenters. The van der Waals surface area contributed by atoms with E-state index in [9.17, 15) is 5.11 Å². The van der Waals surface area contributed by atoms with Crippen LogP contribution in [0.3, 0.4) is 0 Å². The van der Waals surface area contributed by atoms with E-state index >= 15 is 0 Å². The second-order valence-electron chi connectivity index (χ2n) is 6.84. The number of halogens is 1. The average molecular weight is 526 g/mol. The Labute approximate surface area is 192 Å². The molecule has 0 saturated heterocycles. The van der Waals surface area contributed by atoms with Crippen LogP contribution in [0, 0.1) is 6.92 Å². The SMILES string of the molecule is CCNC(=NCc1coc(-c2ccc(C)cc2)n1)NCC(C)(O)c1ccsc1.I. The second-order valence-corrected chi connectivity index (χ2v) is 7.62. The molecular formula is C21H27IN4O2S. The predicted molar refractivity (Wildman–Crippen MR) is 129 cm³/mol. The van der Waals surface area contributed by atoms with Crippen LogP contribution >= 0.6 is 35.3 Å². The minimum Gasteiger partial charge on any atom is -0.444 e. The molecule has 0 aliphatic carbocycles. The Hall–Kier alpha value is -1.91. The fourth-order valence-corrected chi connectivity index (χ4v) is 3.42. The van der Waals surface area contributed by atoms with Crippen molar-refractivity contribution in [3.05, 3.63) is 64.2 Å². The summed E-state index contributed by atoms with van der Waals surface area (Å²) in [5.74, 6) is 1.21. The lowest BCUT2D eigenvalue weighted by Gasteiger charge is -2.24. The van der Waals surface area contributed by atoms with Crippen LogP contribution in [0.4, 0.5) is 0 Å². The highest BCUT2D eigenvalue weighted by Crippen LogP contribution is 2.22. The van der Waals surface area contributed by atoms with Crippen LogP contribution < -0.4 is 10.6 Å². The van der Waals surface area contributed by atoms with Crippen molar-refractivity contribution in [1.82, 2.24) is 15.6 Å². The van der Waals surface area contributed by atoms with Gasteiger partial charge >= 0.3 is 0 Å². The van der Waals surface area contributed by atoms with Crippen molar-refractivity contribution in [3.63, 3.8) is 0 Å². The molecule has 0 radical (unpaired) electrons. The molecule has 2 aromatic heterocycles. The maximum Gasteiger partial charge on any atom is 0.226 e. The number of hydrogen-bond donors (Lipinski definition) is 3. The molecule has 0 aliphatic heterocycles. The van der Waals surface area contributed by atoms with Crippen LogP contribution in [0.15, 0.2) is 56.8 Å². The number of hydrogen-bond acceptors (Lipinski definition) is 5. The van der Waals surface area contributed by atoms with E-state index in [0.717, 1.165) is 23.4 Å². The highest BCUT2D eigenvalue weighted by molar-refractivity contribution is 14.0. The van der Waals surface area contributed by atoms with Gasteiger partial charge in [0.05, 0.1) is 13.1 Å². The number of nitrogens with one attached hydrogen (secondary N) is 2. The molecule has 0 bridgehead atoms. The van der Waals surface area contributed by atoms with Gasteiger partial charge in [-0.15, -0.1) is 24.0 Å². The summed E-state index contributed by atoms with van der Waals surface area (Å²) >= 11 is 1.57. The summed E-state index contributed by atoms with van der Waals surface area (Å²) in [6.45, 7) is 7.29. The average Bonchev–Trinajstić information content (AvgIpc) is 3.37. The number of thiophene rings is 1. The zero-order chi connectivity index (χ0) is 20.0. The van der Waals surface area contributed by atoms with Crippen LogP contribution in [0.2, 0.25) is 0 Å². The zero-order valence-electron chi connectivity index (χ0n) is 16.8. The largest absolute Gasteiger partial charge is 0.444 e. The van der Waals surface area contributed by atoms with E-state index in [1.165, 1.54) is 5.56 Å². The van der Waals surface area contributed by atoms with E-state index in [1.807, 2.05) is 54.9 Å². The summed E-state index contributed by atoms with van der Waals surface area (Å²) in [4.78, 5) is 9.07. The molecule has 0 saturated carbocycles. The number of aliphatic hydroxyl groups is 1. The standard InChI is InChI=1S/C21H26N4O2S.HI/c1-4-22-20(24-14-21(3,26)17-9-10-28-13-17)23-11-18-12-27-19(25-18)16-7-5-15(2)6-8-16;/h5-10,12-13,26H,4,11,14H2,1-3H3,(H2,22,23,24);1H. The molecule has 156 valence electrons. The molecule has 3 rings (SSSR count). The van der Waals surface area contributed by atoms with Crippen molar-refractivity contribution in [3.8, 4) is 11.5 Å². The zero-order valence-corrected chi connectivity index (χ0v) is 20.0. The smallest absolute Gasteiger partial charge is 0.226 e. The van der Waals surface area contributed by atoms with Gasteiger partial charge in [0.1, 0.15) is 17.6 Å². The van der Waals surface area contributed by atoms with E-state index < -0.39 is 5.60 Å². The first kappa shape index (κ1) is 23.4. The maximum atomic E-state index is 10.7. The number of rotatable bonds is 7. The van der Waals surface area contributed by atoms with Gasteiger partial charge in [-0.25, -0.2) is 9.98 Å². The number of oxazole rings is 1. The minimum atomic E-state index is -0.970. The van der Waals surface area contributed by atoms with Crippen molar-refractivity contribution in [1.29, 1.82) is 0 Å². The van der Waals surface area contributed by atoms with Crippen LogP contribution in [0.25, 0.3) is 11.5 Å². The second kappa shape index (κ2) is 10.7. The minimum absolute atomic E-state index is 0. The van der Waals surface area contributed by atoms with Crippen molar-refractivity contribution >= 4 is 41.3 Å². The first-order chi connectivity index (χ1) is 13.5. The molecule has 1 aromatic carbocycles. The van der Waals surface area contributed by atoms with Gasteiger partial charge in [0.15, 0.2) is 5.96 Å². The number of nitrogens with zero attached hydrogens (tertiary/aromatic N) is 2. The molecule has 0 amide bonds. The van der Waals surface area contributed by atoms with Crippen LogP contribution in [0.1, 0.15) is 30.7 Å². The quantitative estimate of drug-likeness (QED) is 0.243. The highest BCUT2D eigenvalue weighted by Gasteiger charge is 2.23. The third-order valence-corrected chi connectivity index (χ3v) is 5.02. The third-order valence-electron chi connectivity index (χ3n) is 4.34. The lowest BCUT2D eigenvalue weighted by atomic mass is 9.99. The summed E-state index contributed by atoms with van der Waals surface area (Å²) in [6, 6.07) is 9.98. The van der Waals surface area contributed by atoms with E-state index in [2.05, 4.69) is 20.6 Å². The predicted octanol–water partition coefficient (Wildman–Crippen LogP) is 4.29. The Morgan fingerprint density at radius 3 is 2.66 bits per heavy atom. The van der Waals surface area contributed by atoms with Crippen molar-refractivity contribution in [2.75, 3.05) is 13.1 Å². The van der Waals surface area contributed by atoms with E-state index in [0.29, 0.717) is 24.9 Å². The van der Waals surface area contributed by atoms with Crippen molar-refractivity contribution in [2.45, 2.75) is 32.9 Å². The first-order valence-electron chi connectivity index (χ1n) is 9.26. The monoisotopic (exact) mass is 526 g/mol. The highest BCUT2D eigenvalue weighted by atomic mass is 127. The van der Waals surface area contributed by atoms with Gasteiger partial charge < -0.3 is 20.2 Å². The lowest BCUT2D eigenvalue weighted by molar-refractivity contribution is 0.0621. The summed E-state index contributed by atoms with van der Waals surface area (Å²) in [5.41, 5.74) is 2.80. The van der Waals surface area contributed by atoms with E-state index in [4.69, 9.17) is 4.42 Å².